The lowest BCUT2D eigenvalue weighted by Gasteiger charge is -2.11. The largest absolute Gasteiger partial charge is 0.612 e. The van der Waals surface area contributed by atoms with E-state index in [2.05, 4.69) is 11.9 Å². The molecule has 0 saturated heterocycles. The van der Waals surface area contributed by atoms with Gasteiger partial charge >= 0.3 is 0 Å². The van der Waals surface area contributed by atoms with Crippen LogP contribution in [0.4, 0.5) is 0 Å². The monoisotopic (exact) mass is 437 g/mol. The van der Waals surface area contributed by atoms with E-state index < -0.39 is 21.0 Å². The van der Waals surface area contributed by atoms with E-state index in [1.165, 1.54) is 18.3 Å². The Bertz CT molecular complexity index is 1080. The van der Waals surface area contributed by atoms with Gasteiger partial charge in [0.05, 0.1) is 22.0 Å². The van der Waals surface area contributed by atoms with Crippen LogP contribution in [0.15, 0.2) is 63.3 Å². The Kier molecular flexibility index (Phi) is 6.50. The highest BCUT2D eigenvalue weighted by Crippen LogP contribution is 2.34. The molecule has 3 aromatic rings. The maximum atomic E-state index is 13.1. The number of aromatic nitrogens is 1. The number of halogens is 1. The predicted octanol–water partition coefficient (Wildman–Crippen LogP) is 4.64. The van der Waals surface area contributed by atoms with Crippen molar-refractivity contribution in [3.63, 3.8) is 0 Å². The Morgan fingerprint density at radius 3 is 2.54 bits per heavy atom. The van der Waals surface area contributed by atoms with E-state index in [-0.39, 0.29) is 14.8 Å². The molecule has 1 unspecified atom stereocenters. The maximum Gasteiger partial charge on any atom is 0.209 e. The van der Waals surface area contributed by atoms with Gasteiger partial charge in [0.15, 0.2) is 4.90 Å². The summed E-state index contributed by atoms with van der Waals surface area (Å²) in [7, 11) is -3.86. The van der Waals surface area contributed by atoms with Gasteiger partial charge in [0.2, 0.25) is 9.84 Å². The zero-order valence-corrected chi connectivity index (χ0v) is 17.9. The summed E-state index contributed by atoms with van der Waals surface area (Å²) in [5, 5.41) is 0.524. The van der Waals surface area contributed by atoms with Gasteiger partial charge in [-0.15, -0.1) is 0 Å². The molecule has 28 heavy (non-hydrogen) atoms. The Labute approximate surface area is 172 Å². The molecule has 0 spiro atoms. The van der Waals surface area contributed by atoms with Gasteiger partial charge in [-0.2, -0.15) is 0 Å². The third kappa shape index (κ3) is 4.27. The minimum atomic E-state index is -3.86. The summed E-state index contributed by atoms with van der Waals surface area (Å²) < 4.78 is 43.4. The molecule has 0 fully saturated rings. The topological polar surface area (TPSA) is 79.3 Å². The van der Waals surface area contributed by atoms with E-state index in [0.717, 1.165) is 12.8 Å². The molecule has 148 valence electrons. The smallest absolute Gasteiger partial charge is 0.209 e. The average Bonchev–Trinajstić information content (AvgIpc) is 2.68. The van der Waals surface area contributed by atoms with Crippen molar-refractivity contribution in [2.75, 3.05) is 12.9 Å². The van der Waals surface area contributed by atoms with Crippen molar-refractivity contribution in [3.05, 3.63) is 53.7 Å². The maximum absolute atomic E-state index is 13.1. The number of benzene rings is 2. The minimum Gasteiger partial charge on any atom is -0.612 e. The van der Waals surface area contributed by atoms with E-state index in [9.17, 15) is 13.0 Å². The Hall–Kier alpha value is -1.80. The lowest BCUT2D eigenvalue weighted by molar-refractivity contribution is 0.309. The van der Waals surface area contributed by atoms with Gasteiger partial charge in [0, 0.05) is 17.6 Å². The van der Waals surface area contributed by atoms with E-state index >= 15 is 0 Å². The number of ether oxygens (including phenoxy) is 1. The van der Waals surface area contributed by atoms with Crippen LogP contribution in [0.5, 0.6) is 5.75 Å². The first-order valence-electron chi connectivity index (χ1n) is 8.74. The van der Waals surface area contributed by atoms with Gasteiger partial charge in [0.25, 0.3) is 0 Å². The van der Waals surface area contributed by atoms with Crippen molar-refractivity contribution >= 4 is 43.5 Å². The quantitative estimate of drug-likeness (QED) is 0.397. The van der Waals surface area contributed by atoms with Crippen LogP contribution in [-0.2, 0) is 21.0 Å². The summed E-state index contributed by atoms with van der Waals surface area (Å²) in [6.07, 6.45) is 4.76. The van der Waals surface area contributed by atoms with Crippen LogP contribution in [-0.4, -0.2) is 30.8 Å². The number of sulfone groups is 1. The molecule has 5 nitrogen and oxygen atoms in total. The highest BCUT2D eigenvalue weighted by atomic mass is 35.5. The molecule has 0 radical (unpaired) electrons. The second kappa shape index (κ2) is 8.69. The molecule has 0 aliphatic carbocycles. The van der Waals surface area contributed by atoms with Crippen LogP contribution in [0.2, 0.25) is 5.02 Å². The third-order valence-corrected chi connectivity index (χ3v) is 7.48. The fourth-order valence-corrected chi connectivity index (χ4v) is 5.00. The molecule has 0 aliphatic rings. The molecule has 3 rings (SSSR count). The first kappa shape index (κ1) is 20.9. The van der Waals surface area contributed by atoms with Crippen molar-refractivity contribution in [2.24, 2.45) is 0 Å². The second-order valence-corrected chi connectivity index (χ2v) is 9.92. The Morgan fingerprint density at radius 1 is 1.18 bits per heavy atom. The Morgan fingerprint density at radius 2 is 1.89 bits per heavy atom. The average molecular weight is 438 g/mol. The van der Waals surface area contributed by atoms with E-state index in [1.54, 1.807) is 36.6 Å². The minimum absolute atomic E-state index is 0.0700. The molecule has 0 amide bonds. The number of unbranched alkanes of at least 4 members (excludes halogenated alkanes) is 1. The number of pyridine rings is 1. The highest BCUT2D eigenvalue weighted by molar-refractivity contribution is 7.91. The molecule has 0 aliphatic heterocycles. The van der Waals surface area contributed by atoms with Crippen LogP contribution in [0.1, 0.15) is 19.8 Å². The summed E-state index contributed by atoms with van der Waals surface area (Å²) in [5.41, 5.74) is 0.540. The zero-order valence-electron chi connectivity index (χ0n) is 15.5. The fourth-order valence-electron chi connectivity index (χ4n) is 2.66. The first-order chi connectivity index (χ1) is 13.3. The molecule has 2 aromatic carbocycles. The van der Waals surface area contributed by atoms with Gasteiger partial charge < -0.3 is 9.29 Å². The lowest BCUT2D eigenvalue weighted by Crippen LogP contribution is -2.05. The number of nitrogens with zero attached hydrogens (tertiary/aromatic N) is 1. The fraction of sp³-hybridized carbons (Fsp3) is 0.250. The normalized spacial score (nSPS) is 12.9. The lowest BCUT2D eigenvalue weighted by atomic mass is 10.2. The van der Waals surface area contributed by atoms with Crippen LogP contribution in [0.25, 0.3) is 10.9 Å². The number of rotatable bonds is 7. The third-order valence-electron chi connectivity index (χ3n) is 4.26. The summed E-state index contributed by atoms with van der Waals surface area (Å²) in [6, 6.07) is 11.2. The van der Waals surface area contributed by atoms with Gasteiger partial charge in [-0.3, -0.25) is 4.98 Å². The number of fused-ring (bicyclic) bond motifs is 1. The van der Waals surface area contributed by atoms with E-state index in [1.807, 2.05) is 0 Å². The van der Waals surface area contributed by atoms with Gasteiger partial charge in [-0.25, -0.2) is 8.42 Å². The summed E-state index contributed by atoms with van der Waals surface area (Å²) in [6.45, 7) is 2.66. The second-order valence-electron chi connectivity index (χ2n) is 6.25. The van der Waals surface area contributed by atoms with Gasteiger partial charge in [-0.1, -0.05) is 24.9 Å². The van der Waals surface area contributed by atoms with Crippen LogP contribution < -0.4 is 4.74 Å². The molecule has 0 N–H and O–H groups in total. The standard InChI is InChI=1S/C20H20ClNO4S2/c1-3-4-11-26-14-5-8-16(9-6-14)28(24,25)19-13-22-18-10-7-15(27(2)23)12-17(18)20(19)21/h5-10,12-13H,3-4,11H2,1-2H3. The van der Waals surface area contributed by atoms with Gasteiger partial charge in [-0.05, 0) is 54.0 Å². The summed E-state index contributed by atoms with van der Waals surface area (Å²) in [5.74, 6) is 0.616. The van der Waals surface area contributed by atoms with E-state index in [4.69, 9.17) is 16.3 Å². The zero-order chi connectivity index (χ0) is 20.3. The Balaban J connectivity index is 1.99. The number of hydrogen-bond acceptors (Lipinski definition) is 5. The molecular formula is C20H20ClNO4S2. The van der Waals surface area contributed by atoms with Crippen molar-refractivity contribution in [1.82, 2.24) is 4.98 Å². The predicted molar refractivity (Wildman–Crippen MR) is 111 cm³/mol. The first-order valence-corrected chi connectivity index (χ1v) is 12.2. The van der Waals surface area contributed by atoms with Crippen LogP contribution >= 0.6 is 11.6 Å². The molecule has 1 heterocycles. The van der Waals surface area contributed by atoms with Crippen molar-refractivity contribution in [1.29, 1.82) is 0 Å². The number of hydrogen-bond donors (Lipinski definition) is 0. The molecule has 8 heteroatoms. The summed E-state index contributed by atoms with van der Waals surface area (Å²) >= 11 is 5.21. The van der Waals surface area contributed by atoms with Crippen molar-refractivity contribution in [2.45, 2.75) is 34.5 Å². The SMILES string of the molecule is CCCCOc1ccc(S(=O)(=O)c2cnc3ccc([S+](C)[O-])cc3c2Cl)cc1. The molecule has 1 atom stereocenters. The highest BCUT2D eigenvalue weighted by Gasteiger charge is 2.23. The van der Waals surface area contributed by atoms with E-state index in [0.29, 0.717) is 28.2 Å². The van der Waals surface area contributed by atoms with Crippen molar-refractivity contribution < 1.29 is 17.7 Å². The summed E-state index contributed by atoms with van der Waals surface area (Å²) in [4.78, 5) is 4.79. The molecule has 1 aromatic heterocycles. The van der Waals surface area contributed by atoms with Gasteiger partial charge in [0.1, 0.15) is 16.9 Å². The van der Waals surface area contributed by atoms with Crippen LogP contribution in [0, 0.1) is 0 Å². The van der Waals surface area contributed by atoms with Crippen molar-refractivity contribution in [3.8, 4) is 5.75 Å². The van der Waals surface area contributed by atoms with Crippen LogP contribution in [0.3, 0.4) is 0 Å². The molecular weight excluding hydrogens is 418 g/mol. The molecule has 0 saturated carbocycles. The molecule has 0 bridgehead atoms.